The Morgan fingerprint density at radius 3 is 1.40 bits per heavy atom. The van der Waals surface area contributed by atoms with E-state index in [1.165, 1.54) is 38.9 Å². The van der Waals surface area contributed by atoms with Gasteiger partial charge in [-0.25, -0.2) is 0 Å². The normalized spacial score (nSPS) is 13.9. The Labute approximate surface area is 383 Å². The minimum atomic E-state index is -0.109. The van der Waals surface area contributed by atoms with Crippen LogP contribution in [0.25, 0.3) is 11.1 Å². The van der Waals surface area contributed by atoms with E-state index >= 15 is 0 Å². The summed E-state index contributed by atoms with van der Waals surface area (Å²) in [6.45, 7) is 4.67. The van der Waals surface area contributed by atoms with Gasteiger partial charge in [0.2, 0.25) is 0 Å². The van der Waals surface area contributed by atoms with E-state index < -0.39 is 0 Å². The van der Waals surface area contributed by atoms with Gasteiger partial charge in [0, 0.05) is 22.5 Å². The van der Waals surface area contributed by atoms with Crippen molar-refractivity contribution in [1.82, 2.24) is 0 Å². The molecule has 0 aliphatic carbocycles. The van der Waals surface area contributed by atoms with Crippen LogP contribution in [-0.2, 0) is 5.41 Å². The van der Waals surface area contributed by atoms with Crippen LogP contribution in [0.2, 0.25) is 0 Å². The van der Waals surface area contributed by atoms with Crippen LogP contribution in [-0.4, -0.2) is 6.71 Å². The molecule has 8 aromatic rings. The Hall–Kier alpha value is -4.67. The fourth-order valence-corrected chi connectivity index (χ4v) is 9.21. The maximum Gasteiger partial charge on any atom is 2.00 e. The molecular weight excluding hydrogens is 1140 g/mol. The Morgan fingerprint density at radius 2 is 0.912 bits per heavy atom. The van der Waals surface area contributed by atoms with Gasteiger partial charge in [0.05, 0.1) is 11.4 Å². The molecule has 3 aliphatic rings. The summed E-state index contributed by atoms with van der Waals surface area (Å²) in [6, 6.07) is 75.1. The molecular formula is C51H34BN3U2. The molecule has 8 aromatic carbocycles. The van der Waals surface area contributed by atoms with Gasteiger partial charge in [-0.05, 0) is 58.7 Å². The molecule has 0 saturated heterocycles. The number of anilines is 9. The van der Waals surface area contributed by atoms with Gasteiger partial charge in [-0.1, -0.05) is 90.6 Å². The van der Waals surface area contributed by atoms with E-state index in [0.29, 0.717) is 0 Å². The van der Waals surface area contributed by atoms with E-state index in [9.17, 15) is 0 Å². The molecule has 0 atom stereocenters. The smallest absolute Gasteiger partial charge is 0.359 e. The second-order valence-electron chi connectivity index (χ2n) is 15.0. The monoisotopic (exact) mass is 1180 g/mol. The SMILES string of the molecule is CC1(C)c2ccccc2N(c2ccc(-c3cc4c5c(c3)N(c3[c-]cccc3)c3[c-]cccc3B5c3ccc[c-]c3N4c3[c-]cccc3)cc2)c2ccccc21.[U+2].[U+2]. The summed E-state index contributed by atoms with van der Waals surface area (Å²) in [7, 11) is 0. The summed E-state index contributed by atoms with van der Waals surface area (Å²) in [5.74, 6) is 0. The van der Waals surface area contributed by atoms with Crippen molar-refractivity contribution in [2.45, 2.75) is 19.3 Å². The molecule has 57 heavy (non-hydrogen) atoms. The molecule has 3 aliphatic heterocycles. The summed E-state index contributed by atoms with van der Waals surface area (Å²) in [5, 5.41) is 0. The number of hydrogen-bond donors (Lipinski definition) is 0. The van der Waals surface area contributed by atoms with Gasteiger partial charge >= 0.3 is 62.2 Å². The summed E-state index contributed by atoms with van der Waals surface area (Å²) in [5.41, 5.74) is 18.3. The van der Waals surface area contributed by atoms with Crippen LogP contribution in [0.4, 0.5) is 51.2 Å². The van der Waals surface area contributed by atoms with E-state index in [1.54, 1.807) is 0 Å². The van der Waals surface area contributed by atoms with Crippen molar-refractivity contribution in [2.75, 3.05) is 14.7 Å². The van der Waals surface area contributed by atoms with Gasteiger partial charge in [0.1, 0.15) is 6.71 Å². The zero-order valence-electron chi connectivity index (χ0n) is 31.6. The number of nitrogens with zero attached hydrogens (tertiary/aromatic N) is 3. The molecule has 0 N–H and O–H groups in total. The van der Waals surface area contributed by atoms with Gasteiger partial charge in [0.25, 0.3) is 0 Å². The molecule has 0 unspecified atom stereocenters. The molecule has 0 amide bonds. The molecule has 0 bridgehead atoms. The summed E-state index contributed by atoms with van der Waals surface area (Å²) >= 11 is 0. The minimum absolute atomic E-state index is 0. The first kappa shape index (κ1) is 37.9. The summed E-state index contributed by atoms with van der Waals surface area (Å²) in [4.78, 5) is 7.10. The topological polar surface area (TPSA) is 9.72 Å². The van der Waals surface area contributed by atoms with Gasteiger partial charge in [-0.15, -0.1) is 12.1 Å². The van der Waals surface area contributed by atoms with Crippen LogP contribution < -0.4 is 31.1 Å². The van der Waals surface area contributed by atoms with E-state index in [2.05, 4.69) is 186 Å². The van der Waals surface area contributed by atoms with Crippen molar-refractivity contribution in [2.24, 2.45) is 0 Å². The number of rotatable bonds is 4. The van der Waals surface area contributed by atoms with E-state index in [-0.39, 0.29) is 74.4 Å². The van der Waals surface area contributed by atoms with Crippen LogP contribution in [0.3, 0.4) is 0 Å². The van der Waals surface area contributed by atoms with Crippen molar-refractivity contribution >= 4 is 74.3 Å². The van der Waals surface area contributed by atoms with Crippen LogP contribution in [0.1, 0.15) is 25.0 Å². The van der Waals surface area contributed by atoms with E-state index in [1.807, 2.05) is 36.4 Å². The van der Waals surface area contributed by atoms with E-state index in [4.69, 9.17) is 0 Å². The van der Waals surface area contributed by atoms with Crippen molar-refractivity contribution in [1.29, 1.82) is 0 Å². The zero-order chi connectivity index (χ0) is 36.7. The third-order valence-corrected chi connectivity index (χ3v) is 11.7. The summed E-state index contributed by atoms with van der Waals surface area (Å²) in [6.07, 6.45) is 0. The van der Waals surface area contributed by atoms with Crippen LogP contribution in [0.15, 0.2) is 170 Å². The van der Waals surface area contributed by atoms with E-state index in [0.717, 1.165) is 50.9 Å². The second-order valence-corrected chi connectivity index (χ2v) is 15.0. The molecule has 0 fully saturated rings. The maximum absolute atomic E-state index is 3.66. The number of para-hydroxylation sites is 6. The molecule has 6 heteroatoms. The van der Waals surface area contributed by atoms with Crippen molar-refractivity contribution in [3.05, 3.63) is 205 Å². The zero-order valence-corrected chi connectivity index (χ0v) is 39.9. The first-order chi connectivity index (χ1) is 27.1. The first-order valence-electron chi connectivity index (χ1n) is 18.9. The average Bonchev–Trinajstić information content (AvgIpc) is 3.24. The molecule has 264 valence electrons. The maximum atomic E-state index is 3.66. The fraction of sp³-hybridized carbons (Fsp3) is 0.0588. The Morgan fingerprint density at radius 1 is 0.439 bits per heavy atom. The quantitative estimate of drug-likeness (QED) is 0.128. The molecule has 0 aromatic heterocycles. The van der Waals surface area contributed by atoms with Gasteiger partial charge in [-0.3, -0.25) is 0 Å². The summed E-state index contributed by atoms with van der Waals surface area (Å²) < 4.78 is 0. The van der Waals surface area contributed by atoms with Gasteiger partial charge < -0.3 is 14.7 Å². The Kier molecular flexibility index (Phi) is 9.92. The molecule has 0 saturated carbocycles. The fourth-order valence-electron chi connectivity index (χ4n) is 9.21. The van der Waals surface area contributed by atoms with Crippen LogP contribution in [0, 0.1) is 86.5 Å². The molecule has 0 spiro atoms. The third-order valence-electron chi connectivity index (χ3n) is 11.7. The van der Waals surface area contributed by atoms with Crippen molar-refractivity contribution < 1.29 is 62.2 Å². The average molecular weight is 1180 g/mol. The van der Waals surface area contributed by atoms with Crippen LogP contribution in [0.5, 0.6) is 0 Å². The largest absolute Gasteiger partial charge is 2.00 e. The number of hydrogen-bond acceptors (Lipinski definition) is 3. The standard InChI is InChI=1S/C51H34BN3.2U/c1-51(2)40-21-9-13-25-44(40)53(45-26-14-10-22-41(45)51)39-31-29-35(30-32-39)36-33-48-50-49(34-36)55(38-19-7-4-8-20-38)47-28-16-12-24-43(47)52(50)42-23-11-15-27-46(42)54(48)37-17-5-3-6-18-37;;/h3-17,19,21-26,29-34H,1-2H3;;/q-4;2*+2. The predicted octanol–water partition coefficient (Wildman–Crippen LogP) is 10.7. The van der Waals surface area contributed by atoms with Gasteiger partial charge in [0.15, 0.2) is 0 Å². The Bertz CT molecular complexity index is 2610. The third kappa shape index (κ3) is 5.91. The number of fused-ring (bicyclic) bond motifs is 6. The predicted molar refractivity (Wildman–Crippen MR) is 228 cm³/mol. The molecule has 3 heterocycles. The second kappa shape index (κ2) is 14.9. The Balaban J connectivity index is 0.00000211. The van der Waals surface area contributed by atoms with Gasteiger partial charge in [-0.2, -0.15) is 108 Å². The first-order valence-corrected chi connectivity index (χ1v) is 18.9. The molecule has 3 nitrogen and oxygen atoms in total. The van der Waals surface area contributed by atoms with Crippen molar-refractivity contribution in [3.63, 3.8) is 0 Å². The van der Waals surface area contributed by atoms with Crippen molar-refractivity contribution in [3.8, 4) is 11.1 Å². The number of benzene rings is 8. The van der Waals surface area contributed by atoms with Crippen LogP contribution >= 0.6 is 0 Å². The molecule has 0 radical (unpaired) electrons. The minimum Gasteiger partial charge on any atom is -0.359 e. The molecule has 11 rings (SSSR count).